The van der Waals surface area contributed by atoms with Crippen LogP contribution in [0.4, 0.5) is 4.39 Å². The van der Waals surface area contributed by atoms with Crippen LogP contribution in [0.5, 0.6) is 5.75 Å². The molecule has 0 saturated heterocycles. The second-order valence-electron chi connectivity index (χ2n) is 4.14. The highest BCUT2D eigenvalue weighted by Gasteiger charge is 2.19. The molecule has 2 aromatic carbocycles. The number of alkyl halides is 1. The molecule has 5 heteroatoms. The predicted molar refractivity (Wildman–Crippen MR) is 87.1 cm³/mol. The van der Waals surface area contributed by atoms with E-state index in [4.69, 9.17) is 16.3 Å². The summed E-state index contributed by atoms with van der Waals surface area (Å²) in [5.74, 6) is 0.383. The molecule has 1 nitrogen and oxygen atoms in total. The fourth-order valence-electron chi connectivity index (χ4n) is 1.88. The van der Waals surface area contributed by atoms with Gasteiger partial charge in [-0.25, -0.2) is 4.39 Å². The third-order valence-electron chi connectivity index (χ3n) is 2.78. The van der Waals surface area contributed by atoms with Gasteiger partial charge in [0.2, 0.25) is 0 Å². The zero-order valence-electron chi connectivity index (χ0n) is 10.7. The lowest BCUT2D eigenvalue weighted by atomic mass is 10.0. The molecular weight excluding hydrogens is 410 g/mol. The first-order valence-corrected chi connectivity index (χ1v) is 8.06. The third kappa shape index (κ3) is 3.54. The first-order valence-electron chi connectivity index (χ1n) is 6.04. The highest BCUT2D eigenvalue weighted by Crippen LogP contribution is 2.39. The number of ether oxygens (including phenoxy) is 1. The summed E-state index contributed by atoms with van der Waals surface area (Å²) in [5.41, 5.74) is 1.47. The minimum atomic E-state index is -0.501. The van der Waals surface area contributed by atoms with Crippen molar-refractivity contribution in [2.75, 3.05) is 6.61 Å². The van der Waals surface area contributed by atoms with Crippen molar-refractivity contribution < 1.29 is 9.13 Å². The summed E-state index contributed by atoms with van der Waals surface area (Å²) in [6.07, 6.45) is 0. The van der Waals surface area contributed by atoms with E-state index in [-0.39, 0.29) is 5.82 Å². The summed E-state index contributed by atoms with van der Waals surface area (Å²) < 4.78 is 20.7. The Hall–Kier alpha value is -0.580. The minimum Gasteiger partial charge on any atom is -0.494 e. The van der Waals surface area contributed by atoms with Gasteiger partial charge in [-0.1, -0.05) is 31.9 Å². The molecule has 0 bridgehead atoms. The highest BCUT2D eigenvalue weighted by atomic mass is 79.9. The Morgan fingerprint density at radius 2 is 1.90 bits per heavy atom. The molecule has 1 unspecified atom stereocenters. The van der Waals surface area contributed by atoms with Crippen LogP contribution in [-0.4, -0.2) is 6.61 Å². The van der Waals surface area contributed by atoms with Gasteiger partial charge in [0.1, 0.15) is 11.6 Å². The summed E-state index contributed by atoms with van der Waals surface area (Å²) in [6.45, 7) is 2.45. The van der Waals surface area contributed by atoms with Gasteiger partial charge in [0.25, 0.3) is 0 Å². The fraction of sp³-hybridized carbons (Fsp3) is 0.200. The number of hydrogen-bond acceptors (Lipinski definition) is 1. The molecule has 0 heterocycles. The van der Waals surface area contributed by atoms with Crippen molar-refractivity contribution >= 4 is 43.5 Å². The molecule has 1 atom stereocenters. The fourth-order valence-corrected chi connectivity index (χ4v) is 3.22. The molecule has 0 saturated carbocycles. The number of hydrogen-bond donors (Lipinski definition) is 0. The zero-order chi connectivity index (χ0) is 14.7. The highest BCUT2D eigenvalue weighted by molar-refractivity contribution is 9.10. The van der Waals surface area contributed by atoms with Gasteiger partial charge in [-0.15, -0.1) is 11.6 Å². The second kappa shape index (κ2) is 6.92. The van der Waals surface area contributed by atoms with E-state index in [1.165, 1.54) is 12.1 Å². The predicted octanol–water partition coefficient (Wildman–Crippen LogP) is 6.08. The van der Waals surface area contributed by atoms with Gasteiger partial charge in [-0.3, -0.25) is 0 Å². The summed E-state index contributed by atoms with van der Waals surface area (Å²) in [7, 11) is 0. The Kier molecular flexibility index (Phi) is 5.47. The number of benzene rings is 2. The van der Waals surface area contributed by atoms with E-state index in [1.54, 1.807) is 6.07 Å². The van der Waals surface area contributed by atoms with E-state index in [0.717, 1.165) is 14.5 Å². The SMILES string of the molecule is CCOc1ccc(Br)cc1C(Cl)c1cc(F)ccc1Br. The van der Waals surface area contributed by atoms with Crippen molar-refractivity contribution in [3.63, 3.8) is 0 Å². The topological polar surface area (TPSA) is 9.23 Å². The lowest BCUT2D eigenvalue weighted by Gasteiger charge is -2.17. The molecule has 2 aromatic rings. The van der Waals surface area contributed by atoms with E-state index in [2.05, 4.69) is 31.9 Å². The van der Waals surface area contributed by atoms with Crippen molar-refractivity contribution in [1.29, 1.82) is 0 Å². The van der Waals surface area contributed by atoms with Crippen molar-refractivity contribution in [2.45, 2.75) is 12.3 Å². The first kappa shape index (κ1) is 15.8. The summed E-state index contributed by atoms with van der Waals surface area (Å²) in [4.78, 5) is 0. The van der Waals surface area contributed by atoms with Crippen LogP contribution in [0.1, 0.15) is 23.4 Å². The van der Waals surface area contributed by atoms with Crippen LogP contribution >= 0.6 is 43.5 Å². The van der Waals surface area contributed by atoms with Gasteiger partial charge in [0, 0.05) is 14.5 Å². The maximum absolute atomic E-state index is 13.4. The molecule has 0 spiro atoms. The molecule has 0 amide bonds. The van der Waals surface area contributed by atoms with Crippen molar-refractivity contribution in [3.05, 3.63) is 62.3 Å². The third-order valence-corrected chi connectivity index (χ3v) is 4.46. The first-order chi connectivity index (χ1) is 9.52. The maximum atomic E-state index is 13.4. The Balaban J connectivity index is 2.49. The van der Waals surface area contributed by atoms with Gasteiger partial charge in [0.15, 0.2) is 0 Å². The smallest absolute Gasteiger partial charge is 0.124 e. The molecule has 0 aromatic heterocycles. The van der Waals surface area contributed by atoms with Gasteiger partial charge in [-0.2, -0.15) is 0 Å². The van der Waals surface area contributed by atoms with E-state index in [9.17, 15) is 4.39 Å². The average Bonchev–Trinajstić information content (AvgIpc) is 2.43. The summed E-state index contributed by atoms with van der Waals surface area (Å²) in [6, 6.07) is 10.1. The molecule has 0 aliphatic heterocycles. The van der Waals surface area contributed by atoms with Crippen LogP contribution in [0.25, 0.3) is 0 Å². The molecule has 0 fully saturated rings. The van der Waals surface area contributed by atoms with Gasteiger partial charge >= 0.3 is 0 Å². The zero-order valence-corrected chi connectivity index (χ0v) is 14.6. The van der Waals surface area contributed by atoms with Gasteiger partial charge < -0.3 is 4.74 Å². The van der Waals surface area contributed by atoms with Crippen LogP contribution in [0.3, 0.4) is 0 Å². The quantitative estimate of drug-likeness (QED) is 0.543. The standard InChI is InChI=1S/C15H12Br2ClFO/c1-2-20-14-6-3-9(16)7-12(14)15(18)11-8-10(19)4-5-13(11)17/h3-8,15H,2H2,1H3. The van der Waals surface area contributed by atoms with Crippen LogP contribution in [0.2, 0.25) is 0 Å². The molecule has 106 valence electrons. The normalized spacial score (nSPS) is 12.2. The molecule has 0 radical (unpaired) electrons. The maximum Gasteiger partial charge on any atom is 0.124 e. The Morgan fingerprint density at radius 3 is 2.60 bits per heavy atom. The molecule has 2 rings (SSSR count). The van der Waals surface area contributed by atoms with Crippen LogP contribution in [0.15, 0.2) is 45.3 Å². The Labute approximate surface area is 139 Å². The Morgan fingerprint density at radius 1 is 1.15 bits per heavy atom. The van der Waals surface area contributed by atoms with Crippen LogP contribution in [0, 0.1) is 5.82 Å². The minimum absolute atomic E-state index is 0.318. The Bertz CT molecular complexity index is 619. The average molecular weight is 423 g/mol. The lowest BCUT2D eigenvalue weighted by molar-refractivity contribution is 0.336. The summed E-state index contributed by atoms with van der Waals surface area (Å²) in [5, 5.41) is -0.501. The lowest BCUT2D eigenvalue weighted by Crippen LogP contribution is -2.01. The van der Waals surface area contributed by atoms with E-state index in [0.29, 0.717) is 17.9 Å². The van der Waals surface area contributed by atoms with Gasteiger partial charge in [-0.05, 0) is 48.9 Å². The number of rotatable bonds is 4. The molecule has 20 heavy (non-hydrogen) atoms. The largest absolute Gasteiger partial charge is 0.494 e. The van der Waals surface area contributed by atoms with E-state index in [1.807, 2.05) is 25.1 Å². The molecule has 0 aliphatic rings. The van der Waals surface area contributed by atoms with E-state index >= 15 is 0 Å². The molecule has 0 N–H and O–H groups in total. The van der Waals surface area contributed by atoms with E-state index < -0.39 is 5.38 Å². The number of halogens is 4. The monoisotopic (exact) mass is 420 g/mol. The van der Waals surface area contributed by atoms with Gasteiger partial charge in [0.05, 0.1) is 12.0 Å². The second-order valence-corrected chi connectivity index (χ2v) is 6.35. The molecule has 0 aliphatic carbocycles. The van der Waals surface area contributed by atoms with Crippen molar-refractivity contribution in [3.8, 4) is 5.75 Å². The van der Waals surface area contributed by atoms with Crippen molar-refractivity contribution in [1.82, 2.24) is 0 Å². The molecular formula is C15H12Br2ClFO. The summed E-state index contributed by atoms with van der Waals surface area (Å²) >= 11 is 13.4. The van der Waals surface area contributed by atoms with Crippen LogP contribution in [-0.2, 0) is 0 Å². The van der Waals surface area contributed by atoms with Crippen molar-refractivity contribution in [2.24, 2.45) is 0 Å². The van der Waals surface area contributed by atoms with Crippen LogP contribution < -0.4 is 4.74 Å².